The van der Waals surface area contributed by atoms with Crippen molar-refractivity contribution in [1.82, 2.24) is 9.73 Å². The van der Waals surface area contributed by atoms with E-state index >= 15 is 0 Å². The number of hydrogen-bond donors (Lipinski definition) is 1. The van der Waals surface area contributed by atoms with Crippen molar-refractivity contribution in [2.24, 2.45) is 5.10 Å². The van der Waals surface area contributed by atoms with Crippen LogP contribution in [0.1, 0.15) is 31.9 Å². The lowest BCUT2D eigenvalue weighted by molar-refractivity contribution is -0.121. The molecule has 0 fully saturated rings. The molecule has 0 saturated heterocycles. The Morgan fingerprint density at radius 1 is 1.06 bits per heavy atom. The minimum atomic E-state index is -3.90. The molecule has 9 heteroatoms. The number of methoxy groups -OCH3 is 2. The van der Waals surface area contributed by atoms with Crippen LogP contribution in [0, 0.1) is 0 Å². The van der Waals surface area contributed by atoms with Crippen LogP contribution in [0.3, 0.4) is 0 Å². The molecule has 0 atom stereocenters. The van der Waals surface area contributed by atoms with Crippen LogP contribution in [0.5, 0.6) is 11.5 Å². The van der Waals surface area contributed by atoms with Gasteiger partial charge >= 0.3 is 0 Å². The van der Waals surface area contributed by atoms with E-state index in [1.165, 1.54) is 51.2 Å². The van der Waals surface area contributed by atoms with Crippen LogP contribution in [0.25, 0.3) is 0 Å². The topological polar surface area (TPSA) is 97.3 Å². The molecule has 2 aromatic rings. The zero-order chi connectivity index (χ0) is 23.2. The standard InChI is InChI=1S/C22H29N3O5S/c1-22(2,3)17-9-7-16(8-10-17)14-23-24-21(26)15-25(4)31(27,28)18-11-12-19(29-5)20(13-18)30-6/h7-14H,15H2,1-6H3,(H,24,26)/b23-14-. The van der Waals surface area contributed by atoms with Gasteiger partial charge in [0.2, 0.25) is 10.0 Å². The summed E-state index contributed by atoms with van der Waals surface area (Å²) >= 11 is 0. The predicted octanol–water partition coefficient (Wildman–Crippen LogP) is 2.77. The number of carbonyl (C=O) groups excluding carboxylic acids is 1. The summed E-state index contributed by atoms with van der Waals surface area (Å²) in [6, 6.07) is 12.1. The normalized spacial score (nSPS) is 12.2. The van der Waals surface area contributed by atoms with Crippen molar-refractivity contribution in [3.63, 3.8) is 0 Å². The minimum Gasteiger partial charge on any atom is -0.493 e. The average Bonchev–Trinajstić information content (AvgIpc) is 2.72. The van der Waals surface area contributed by atoms with Gasteiger partial charge in [-0.1, -0.05) is 45.0 Å². The fourth-order valence-corrected chi connectivity index (χ4v) is 3.87. The van der Waals surface area contributed by atoms with Crippen molar-refractivity contribution >= 4 is 22.1 Å². The molecular weight excluding hydrogens is 418 g/mol. The monoisotopic (exact) mass is 447 g/mol. The third-order valence-electron chi connectivity index (χ3n) is 4.61. The third kappa shape index (κ3) is 6.28. The van der Waals surface area contributed by atoms with E-state index in [0.29, 0.717) is 5.75 Å². The van der Waals surface area contributed by atoms with E-state index in [2.05, 4.69) is 31.3 Å². The van der Waals surface area contributed by atoms with Crippen LogP contribution in [-0.2, 0) is 20.2 Å². The zero-order valence-electron chi connectivity index (χ0n) is 18.7. The van der Waals surface area contributed by atoms with E-state index in [1.54, 1.807) is 0 Å². The van der Waals surface area contributed by atoms with Crippen LogP contribution in [0.4, 0.5) is 0 Å². The molecule has 0 unspecified atom stereocenters. The third-order valence-corrected chi connectivity index (χ3v) is 6.41. The number of benzene rings is 2. The number of nitrogens with one attached hydrogen (secondary N) is 1. The Hall–Kier alpha value is -2.91. The van der Waals surface area contributed by atoms with Gasteiger partial charge in [-0.05, 0) is 28.7 Å². The van der Waals surface area contributed by atoms with Gasteiger partial charge in [-0.2, -0.15) is 9.41 Å². The molecule has 0 spiro atoms. The van der Waals surface area contributed by atoms with Gasteiger partial charge in [-0.15, -0.1) is 0 Å². The van der Waals surface area contributed by atoms with Crippen molar-refractivity contribution in [1.29, 1.82) is 0 Å². The maximum absolute atomic E-state index is 12.8. The summed E-state index contributed by atoms with van der Waals surface area (Å²) in [5, 5.41) is 3.91. The molecule has 31 heavy (non-hydrogen) atoms. The number of sulfonamides is 1. The molecule has 0 saturated carbocycles. The highest BCUT2D eigenvalue weighted by Gasteiger charge is 2.24. The molecule has 1 N–H and O–H groups in total. The molecule has 0 aliphatic rings. The number of ether oxygens (including phenoxy) is 2. The largest absolute Gasteiger partial charge is 0.493 e. The molecule has 0 aliphatic heterocycles. The Bertz CT molecular complexity index is 1040. The molecule has 0 aliphatic carbocycles. The molecule has 2 aromatic carbocycles. The van der Waals surface area contributed by atoms with Gasteiger partial charge in [-0.3, -0.25) is 4.79 Å². The van der Waals surface area contributed by atoms with E-state index in [-0.39, 0.29) is 16.1 Å². The number of likely N-dealkylation sites (N-methyl/N-ethyl adjacent to an activating group) is 1. The highest BCUT2D eigenvalue weighted by atomic mass is 32.2. The number of nitrogens with zero attached hydrogens (tertiary/aromatic N) is 2. The first kappa shape index (κ1) is 24.4. The minimum absolute atomic E-state index is 0.0112. The molecule has 0 heterocycles. The zero-order valence-corrected chi connectivity index (χ0v) is 19.5. The average molecular weight is 448 g/mol. The smallest absolute Gasteiger partial charge is 0.255 e. The number of hydrazone groups is 1. The lowest BCUT2D eigenvalue weighted by Gasteiger charge is -2.18. The van der Waals surface area contributed by atoms with Gasteiger partial charge in [0.25, 0.3) is 5.91 Å². The maximum atomic E-state index is 12.8. The highest BCUT2D eigenvalue weighted by molar-refractivity contribution is 7.89. The molecule has 2 rings (SSSR count). The Balaban J connectivity index is 2.00. The second-order valence-corrected chi connectivity index (χ2v) is 9.99. The summed E-state index contributed by atoms with van der Waals surface area (Å²) in [5.74, 6) is 0.129. The molecule has 168 valence electrons. The van der Waals surface area contributed by atoms with Crippen LogP contribution in [0.2, 0.25) is 0 Å². The fraction of sp³-hybridized carbons (Fsp3) is 0.364. The summed E-state index contributed by atoms with van der Waals surface area (Å²) in [4.78, 5) is 12.1. The van der Waals surface area contributed by atoms with Crippen LogP contribution >= 0.6 is 0 Å². The van der Waals surface area contributed by atoms with Crippen LogP contribution in [0.15, 0.2) is 52.5 Å². The Kier molecular flexibility index (Phi) is 7.80. The summed E-state index contributed by atoms with van der Waals surface area (Å²) in [5.41, 5.74) is 4.41. The van der Waals surface area contributed by atoms with Crippen molar-refractivity contribution < 1.29 is 22.7 Å². The van der Waals surface area contributed by atoms with Gasteiger partial charge in [0, 0.05) is 13.1 Å². The highest BCUT2D eigenvalue weighted by Crippen LogP contribution is 2.30. The Labute approximate surface area is 183 Å². The lowest BCUT2D eigenvalue weighted by atomic mass is 9.87. The van der Waals surface area contributed by atoms with Gasteiger partial charge in [0.15, 0.2) is 11.5 Å². The van der Waals surface area contributed by atoms with Gasteiger partial charge < -0.3 is 9.47 Å². The van der Waals surface area contributed by atoms with E-state index in [4.69, 9.17) is 9.47 Å². The number of amides is 1. The maximum Gasteiger partial charge on any atom is 0.255 e. The second-order valence-electron chi connectivity index (χ2n) is 7.94. The molecule has 1 amide bonds. The first-order chi connectivity index (χ1) is 14.5. The lowest BCUT2D eigenvalue weighted by Crippen LogP contribution is -2.36. The fourth-order valence-electron chi connectivity index (χ4n) is 2.73. The second kappa shape index (κ2) is 9.93. The number of rotatable bonds is 8. The number of hydrogen-bond acceptors (Lipinski definition) is 6. The molecule has 0 radical (unpaired) electrons. The van der Waals surface area contributed by atoms with Crippen molar-refractivity contribution in [2.45, 2.75) is 31.1 Å². The van der Waals surface area contributed by atoms with E-state index < -0.39 is 22.5 Å². The predicted molar refractivity (Wildman–Crippen MR) is 120 cm³/mol. The quantitative estimate of drug-likeness (QED) is 0.496. The summed E-state index contributed by atoms with van der Waals surface area (Å²) in [6.07, 6.45) is 1.51. The van der Waals surface area contributed by atoms with Crippen LogP contribution < -0.4 is 14.9 Å². The van der Waals surface area contributed by atoms with Gasteiger partial charge in [0.1, 0.15) is 0 Å². The first-order valence-electron chi connectivity index (χ1n) is 9.60. The molecule has 0 aromatic heterocycles. The van der Waals surface area contributed by atoms with E-state index in [1.807, 2.05) is 24.3 Å². The Morgan fingerprint density at radius 2 is 1.68 bits per heavy atom. The molecule has 8 nitrogen and oxygen atoms in total. The van der Waals surface area contributed by atoms with Crippen molar-refractivity contribution in [2.75, 3.05) is 27.8 Å². The van der Waals surface area contributed by atoms with Gasteiger partial charge in [-0.25, -0.2) is 13.8 Å². The molecular formula is C22H29N3O5S. The summed E-state index contributed by atoms with van der Waals surface area (Å²) in [6.45, 7) is 5.99. The SMILES string of the molecule is COc1ccc(S(=O)(=O)N(C)CC(=O)N/N=C\c2ccc(C(C)(C)C)cc2)cc1OC. The van der Waals surface area contributed by atoms with Crippen molar-refractivity contribution in [3.8, 4) is 11.5 Å². The summed E-state index contributed by atoms with van der Waals surface area (Å²) < 4.78 is 36.7. The van der Waals surface area contributed by atoms with Crippen molar-refractivity contribution in [3.05, 3.63) is 53.6 Å². The summed E-state index contributed by atoms with van der Waals surface area (Å²) in [7, 11) is 0.294. The van der Waals surface area contributed by atoms with Crippen LogP contribution in [-0.4, -0.2) is 52.7 Å². The first-order valence-corrected chi connectivity index (χ1v) is 11.0. The number of carbonyl (C=O) groups is 1. The van der Waals surface area contributed by atoms with E-state index in [9.17, 15) is 13.2 Å². The molecule has 0 bridgehead atoms. The Morgan fingerprint density at radius 3 is 2.23 bits per heavy atom. The van der Waals surface area contributed by atoms with Gasteiger partial charge in [0.05, 0.1) is 31.9 Å². The van der Waals surface area contributed by atoms with E-state index in [0.717, 1.165) is 9.87 Å².